The number of fused-ring (bicyclic) bond motifs is 1. The Morgan fingerprint density at radius 3 is 2.29 bits per heavy atom. The Bertz CT molecular complexity index is 1120. The summed E-state index contributed by atoms with van der Waals surface area (Å²) in [5, 5.41) is 3.87. The summed E-state index contributed by atoms with van der Waals surface area (Å²) in [7, 11) is 1.66. The molecule has 0 bridgehead atoms. The second-order valence-corrected chi connectivity index (χ2v) is 7.28. The summed E-state index contributed by atoms with van der Waals surface area (Å²) in [5.41, 5.74) is 4.44. The minimum atomic E-state index is -0.112. The predicted molar refractivity (Wildman–Crippen MR) is 133 cm³/mol. The van der Waals surface area contributed by atoms with E-state index in [2.05, 4.69) is 10.3 Å². The van der Waals surface area contributed by atoms with E-state index in [9.17, 15) is 4.79 Å². The zero-order valence-electron chi connectivity index (χ0n) is 19.0. The third kappa shape index (κ3) is 6.15. The van der Waals surface area contributed by atoms with Gasteiger partial charge in [0.1, 0.15) is 10.8 Å². The molecule has 0 unspecified atom stereocenters. The number of aromatic nitrogens is 1. The first-order chi connectivity index (χ1) is 15.1. The molecule has 1 heterocycles. The molecule has 4 aromatic rings. The number of thiazole rings is 1. The van der Waals surface area contributed by atoms with Crippen LogP contribution in [0.2, 0.25) is 0 Å². The van der Waals surface area contributed by atoms with E-state index in [1.807, 2.05) is 101 Å². The molecule has 0 aliphatic carbocycles. The maximum atomic E-state index is 12.4. The highest BCUT2D eigenvalue weighted by molar-refractivity contribution is 7.21. The molecule has 31 heavy (non-hydrogen) atoms. The Kier molecular flexibility index (Phi) is 9.22. The topological polar surface area (TPSA) is 51.2 Å². The third-order valence-electron chi connectivity index (χ3n) is 4.27. The maximum Gasteiger partial charge on any atom is 0.255 e. The van der Waals surface area contributed by atoms with Crippen molar-refractivity contribution in [3.63, 3.8) is 0 Å². The largest absolute Gasteiger partial charge is 0.497 e. The fourth-order valence-corrected chi connectivity index (χ4v) is 3.84. The van der Waals surface area contributed by atoms with Crippen molar-refractivity contribution >= 4 is 33.1 Å². The van der Waals surface area contributed by atoms with E-state index in [1.165, 1.54) is 0 Å². The van der Waals surface area contributed by atoms with Gasteiger partial charge in [0.25, 0.3) is 5.91 Å². The Balaban J connectivity index is 0.000000807. The molecule has 4 nitrogen and oxygen atoms in total. The highest BCUT2D eigenvalue weighted by Crippen LogP contribution is 2.32. The minimum absolute atomic E-state index is 0.112. The van der Waals surface area contributed by atoms with Crippen LogP contribution in [0.3, 0.4) is 0 Å². The quantitative estimate of drug-likeness (QED) is 0.360. The van der Waals surface area contributed by atoms with Gasteiger partial charge in [0, 0.05) is 16.8 Å². The molecule has 1 amide bonds. The predicted octanol–water partition coefficient (Wildman–Crippen LogP) is 7.59. The van der Waals surface area contributed by atoms with Crippen LogP contribution in [0.15, 0.2) is 66.7 Å². The number of anilines is 1. The van der Waals surface area contributed by atoms with Gasteiger partial charge in [0.2, 0.25) is 0 Å². The van der Waals surface area contributed by atoms with Gasteiger partial charge in [-0.05, 0) is 61.5 Å². The van der Waals surface area contributed by atoms with Gasteiger partial charge in [-0.3, -0.25) is 4.79 Å². The third-order valence-corrected chi connectivity index (χ3v) is 5.33. The first-order valence-electron chi connectivity index (χ1n) is 10.6. The normalized spacial score (nSPS) is 9.74. The van der Waals surface area contributed by atoms with Crippen LogP contribution >= 0.6 is 11.3 Å². The monoisotopic (exact) mass is 434 g/mol. The summed E-state index contributed by atoms with van der Waals surface area (Å²) in [6.07, 6.45) is 0. The number of rotatable bonds is 4. The van der Waals surface area contributed by atoms with Gasteiger partial charge < -0.3 is 10.1 Å². The number of carbonyl (C=O) groups is 1. The van der Waals surface area contributed by atoms with Gasteiger partial charge >= 0.3 is 0 Å². The number of benzene rings is 3. The highest BCUT2D eigenvalue weighted by atomic mass is 32.1. The summed E-state index contributed by atoms with van der Waals surface area (Å²) in [4.78, 5) is 17.0. The lowest BCUT2D eigenvalue weighted by Crippen LogP contribution is -2.11. The smallest absolute Gasteiger partial charge is 0.255 e. The van der Waals surface area contributed by atoms with Gasteiger partial charge in [-0.1, -0.05) is 45.4 Å². The van der Waals surface area contributed by atoms with Gasteiger partial charge in [0.05, 0.1) is 17.3 Å². The minimum Gasteiger partial charge on any atom is -0.497 e. The van der Waals surface area contributed by atoms with Crippen LogP contribution in [0.25, 0.3) is 20.8 Å². The molecular weight excluding hydrogens is 404 g/mol. The molecular formula is C26H30N2O2S. The molecule has 3 aromatic carbocycles. The molecule has 1 aromatic heterocycles. The molecule has 0 aliphatic heterocycles. The van der Waals surface area contributed by atoms with Gasteiger partial charge in [-0.15, -0.1) is 11.3 Å². The van der Waals surface area contributed by atoms with E-state index in [4.69, 9.17) is 4.74 Å². The van der Waals surface area contributed by atoms with E-state index in [1.54, 1.807) is 18.4 Å². The lowest BCUT2D eigenvalue weighted by atomic mass is 10.1. The fourth-order valence-electron chi connectivity index (χ4n) is 2.84. The average molecular weight is 435 g/mol. The fraction of sp³-hybridized carbons (Fsp3) is 0.231. The van der Waals surface area contributed by atoms with Gasteiger partial charge in [-0.2, -0.15) is 0 Å². The highest BCUT2D eigenvalue weighted by Gasteiger charge is 2.09. The van der Waals surface area contributed by atoms with Crippen LogP contribution in [0, 0.1) is 6.92 Å². The van der Waals surface area contributed by atoms with Crippen molar-refractivity contribution < 1.29 is 9.53 Å². The Labute approximate surface area is 188 Å². The van der Waals surface area contributed by atoms with Crippen molar-refractivity contribution in [2.75, 3.05) is 12.4 Å². The zero-order chi connectivity index (χ0) is 22.8. The first kappa shape index (κ1) is 24.1. The Morgan fingerprint density at radius 2 is 1.65 bits per heavy atom. The second-order valence-electron chi connectivity index (χ2n) is 6.25. The molecule has 0 fully saturated rings. The molecule has 0 atom stereocenters. The molecule has 0 saturated carbocycles. The van der Waals surface area contributed by atoms with E-state index < -0.39 is 0 Å². The molecule has 162 valence electrons. The van der Waals surface area contributed by atoms with Gasteiger partial charge in [0.15, 0.2) is 0 Å². The van der Waals surface area contributed by atoms with Crippen molar-refractivity contribution in [2.45, 2.75) is 34.6 Å². The van der Waals surface area contributed by atoms with E-state index in [0.717, 1.165) is 37.8 Å². The molecule has 0 radical (unpaired) electrons. The number of methoxy groups -OCH3 is 1. The number of nitrogens with zero attached hydrogens (tertiary/aromatic N) is 1. The van der Waals surface area contributed by atoms with Crippen molar-refractivity contribution in [1.82, 2.24) is 4.98 Å². The number of hydrogen-bond acceptors (Lipinski definition) is 4. The Morgan fingerprint density at radius 1 is 0.935 bits per heavy atom. The summed E-state index contributed by atoms with van der Waals surface area (Å²) in [6, 6.07) is 21.2. The molecule has 4 rings (SSSR count). The Hall–Kier alpha value is -3.18. The van der Waals surface area contributed by atoms with E-state index >= 15 is 0 Å². The molecule has 0 saturated heterocycles. The summed E-state index contributed by atoms with van der Waals surface area (Å²) >= 11 is 1.62. The number of ether oxygens (including phenoxy) is 1. The van der Waals surface area contributed by atoms with Crippen molar-refractivity contribution in [2.24, 2.45) is 0 Å². The molecule has 5 heteroatoms. The molecule has 0 spiro atoms. The number of carbonyl (C=O) groups excluding carboxylic acids is 1. The summed E-state index contributed by atoms with van der Waals surface area (Å²) < 4.78 is 6.36. The number of hydrogen-bond donors (Lipinski definition) is 1. The van der Waals surface area contributed by atoms with Crippen LogP contribution in [-0.4, -0.2) is 18.0 Å². The molecule has 1 N–H and O–H groups in total. The average Bonchev–Trinajstić information content (AvgIpc) is 3.25. The van der Waals surface area contributed by atoms with Crippen LogP contribution in [0.5, 0.6) is 5.75 Å². The first-order valence-corrected chi connectivity index (χ1v) is 11.4. The zero-order valence-corrected chi connectivity index (χ0v) is 19.8. The number of nitrogens with one attached hydrogen (secondary N) is 1. The van der Waals surface area contributed by atoms with Gasteiger partial charge in [-0.25, -0.2) is 4.98 Å². The number of aryl methyl sites for hydroxylation is 1. The standard InChI is InChI=1S/C22H18N2O2S.2C2H6/c1-14-4-3-5-16(12-14)21(25)23-17-8-6-15(7-9-17)22-24-19-11-10-18(26-2)13-20(19)27-22;2*1-2/h3-13H,1-2H3,(H,23,25);2*1-2H3. The number of amides is 1. The SMILES string of the molecule is CC.CC.COc1ccc2nc(-c3ccc(NC(=O)c4cccc(C)c4)cc3)sc2c1. The van der Waals surface area contributed by atoms with Crippen molar-refractivity contribution in [3.05, 3.63) is 77.9 Å². The van der Waals surface area contributed by atoms with Crippen LogP contribution in [0.4, 0.5) is 5.69 Å². The van der Waals surface area contributed by atoms with Crippen LogP contribution < -0.4 is 10.1 Å². The lowest BCUT2D eigenvalue weighted by Gasteiger charge is -2.06. The maximum absolute atomic E-state index is 12.4. The lowest BCUT2D eigenvalue weighted by molar-refractivity contribution is 0.102. The summed E-state index contributed by atoms with van der Waals surface area (Å²) in [6.45, 7) is 9.97. The van der Waals surface area contributed by atoms with E-state index in [-0.39, 0.29) is 5.91 Å². The second kappa shape index (κ2) is 11.9. The van der Waals surface area contributed by atoms with Crippen molar-refractivity contribution in [1.29, 1.82) is 0 Å². The molecule has 0 aliphatic rings. The van der Waals surface area contributed by atoms with Crippen LogP contribution in [-0.2, 0) is 0 Å². The van der Waals surface area contributed by atoms with Crippen LogP contribution in [0.1, 0.15) is 43.6 Å². The summed E-state index contributed by atoms with van der Waals surface area (Å²) in [5.74, 6) is 0.713. The van der Waals surface area contributed by atoms with Crippen molar-refractivity contribution in [3.8, 4) is 16.3 Å². The van der Waals surface area contributed by atoms with E-state index in [0.29, 0.717) is 5.56 Å².